The average Bonchev–Trinajstić information content (AvgIpc) is 2.10. The van der Waals surface area contributed by atoms with E-state index in [2.05, 4.69) is 29.9 Å². The number of piperidine rings is 1. The van der Waals surface area contributed by atoms with Gasteiger partial charge in [-0.25, -0.2) is 0 Å². The van der Waals surface area contributed by atoms with Gasteiger partial charge < -0.3 is 10.2 Å². The van der Waals surface area contributed by atoms with Crippen molar-refractivity contribution in [1.82, 2.24) is 10.2 Å². The van der Waals surface area contributed by atoms with E-state index in [0.717, 1.165) is 11.7 Å². The fourth-order valence-corrected chi connectivity index (χ4v) is 2.39. The van der Waals surface area contributed by atoms with Gasteiger partial charge in [-0.05, 0) is 45.9 Å². The molecule has 0 spiro atoms. The molecule has 1 N–H and O–H groups in total. The summed E-state index contributed by atoms with van der Waals surface area (Å²) in [6, 6.07) is 0.613. The second-order valence-electron chi connectivity index (χ2n) is 3.72. The first-order valence-corrected chi connectivity index (χ1v) is 5.38. The first-order chi connectivity index (χ1) is 5.77. The lowest BCUT2D eigenvalue weighted by Crippen LogP contribution is -2.41. The summed E-state index contributed by atoms with van der Waals surface area (Å²) in [5.41, 5.74) is 0. The van der Waals surface area contributed by atoms with E-state index >= 15 is 0 Å². The molecule has 0 radical (unpaired) electrons. The average molecular weight is 188 g/mol. The quantitative estimate of drug-likeness (QED) is 0.638. The van der Waals surface area contributed by atoms with Gasteiger partial charge in [0.15, 0.2) is 0 Å². The molecule has 0 saturated carbocycles. The Morgan fingerprint density at radius 3 is 2.50 bits per heavy atom. The molecule has 1 saturated heterocycles. The summed E-state index contributed by atoms with van der Waals surface area (Å²) in [5.74, 6) is 1.80. The Morgan fingerprint density at radius 1 is 1.50 bits per heavy atom. The van der Waals surface area contributed by atoms with Crippen molar-refractivity contribution >= 4 is 12.6 Å². The minimum absolute atomic E-state index is 0.613. The fourth-order valence-electron chi connectivity index (χ4n) is 1.91. The van der Waals surface area contributed by atoms with E-state index in [1.54, 1.807) is 0 Å². The highest BCUT2D eigenvalue weighted by Crippen LogP contribution is 2.20. The van der Waals surface area contributed by atoms with Crippen LogP contribution in [0.15, 0.2) is 0 Å². The largest absolute Gasteiger partial charge is 0.316 e. The molecule has 1 atom stereocenters. The minimum atomic E-state index is 0.613. The molecule has 0 amide bonds. The number of rotatable bonds is 3. The molecular weight excluding hydrogens is 168 g/mol. The van der Waals surface area contributed by atoms with E-state index < -0.39 is 0 Å². The van der Waals surface area contributed by atoms with Gasteiger partial charge in [-0.15, -0.1) is 0 Å². The lowest BCUT2D eigenvalue weighted by molar-refractivity contribution is 0.195. The van der Waals surface area contributed by atoms with Crippen molar-refractivity contribution in [3.05, 3.63) is 0 Å². The monoisotopic (exact) mass is 188 g/mol. The molecule has 1 aliphatic heterocycles. The molecule has 12 heavy (non-hydrogen) atoms. The Labute approximate surface area is 81.1 Å². The van der Waals surface area contributed by atoms with Crippen molar-refractivity contribution < 1.29 is 0 Å². The second-order valence-corrected chi connectivity index (χ2v) is 4.08. The van der Waals surface area contributed by atoms with E-state index in [1.165, 1.54) is 25.9 Å². The number of hydrogen-bond acceptors (Lipinski definition) is 3. The Kier molecular flexibility index (Phi) is 4.40. The summed E-state index contributed by atoms with van der Waals surface area (Å²) in [6.07, 6.45) is 2.64. The Balaban J connectivity index is 2.32. The van der Waals surface area contributed by atoms with E-state index in [-0.39, 0.29) is 0 Å². The van der Waals surface area contributed by atoms with Crippen LogP contribution in [-0.4, -0.2) is 43.9 Å². The van der Waals surface area contributed by atoms with Crippen LogP contribution in [0.5, 0.6) is 0 Å². The fraction of sp³-hybridized carbons (Fsp3) is 1.00. The SMILES string of the molecule is CNC(CS)C1CCN(C)CC1. The van der Waals surface area contributed by atoms with Gasteiger partial charge in [0.05, 0.1) is 0 Å². The predicted octanol–water partition coefficient (Wildman–Crippen LogP) is 0.846. The van der Waals surface area contributed by atoms with Gasteiger partial charge in [0.1, 0.15) is 0 Å². The highest BCUT2D eigenvalue weighted by atomic mass is 32.1. The van der Waals surface area contributed by atoms with Crippen LogP contribution in [0, 0.1) is 5.92 Å². The predicted molar refractivity (Wildman–Crippen MR) is 56.9 cm³/mol. The third-order valence-corrected chi connectivity index (χ3v) is 3.29. The van der Waals surface area contributed by atoms with Gasteiger partial charge in [-0.1, -0.05) is 0 Å². The zero-order valence-corrected chi connectivity index (χ0v) is 8.98. The molecule has 0 bridgehead atoms. The third-order valence-electron chi connectivity index (χ3n) is 2.90. The van der Waals surface area contributed by atoms with Gasteiger partial charge in [0.25, 0.3) is 0 Å². The molecule has 0 aliphatic carbocycles. The molecule has 1 aliphatic rings. The molecule has 0 aromatic heterocycles. The maximum Gasteiger partial charge on any atom is 0.0181 e. The molecule has 1 rings (SSSR count). The topological polar surface area (TPSA) is 15.3 Å². The smallest absolute Gasteiger partial charge is 0.0181 e. The second kappa shape index (κ2) is 5.10. The molecule has 3 heteroatoms. The first-order valence-electron chi connectivity index (χ1n) is 4.74. The van der Waals surface area contributed by atoms with Gasteiger partial charge in [-0.3, -0.25) is 0 Å². The van der Waals surface area contributed by atoms with Crippen molar-refractivity contribution in [3.63, 3.8) is 0 Å². The van der Waals surface area contributed by atoms with E-state index in [1.807, 2.05) is 7.05 Å². The van der Waals surface area contributed by atoms with Gasteiger partial charge in [-0.2, -0.15) is 12.6 Å². The van der Waals surface area contributed by atoms with Crippen molar-refractivity contribution in [1.29, 1.82) is 0 Å². The number of hydrogen-bond donors (Lipinski definition) is 2. The van der Waals surface area contributed by atoms with Crippen LogP contribution in [0.25, 0.3) is 0 Å². The maximum absolute atomic E-state index is 4.35. The van der Waals surface area contributed by atoms with Crippen molar-refractivity contribution in [2.24, 2.45) is 5.92 Å². The van der Waals surface area contributed by atoms with Crippen LogP contribution < -0.4 is 5.32 Å². The third kappa shape index (κ3) is 2.64. The van der Waals surface area contributed by atoms with Gasteiger partial charge in [0.2, 0.25) is 0 Å². The summed E-state index contributed by atoms with van der Waals surface area (Å²) in [7, 11) is 4.24. The highest BCUT2D eigenvalue weighted by molar-refractivity contribution is 7.80. The van der Waals surface area contributed by atoms with Gasteiger partial charge >= 0.3 is 0 Å². The molecule has 2 nitrogen and oxygen atoms in total. The van der Waals surface area contributed by atoms with E-state index in [0.29, 0.717) is 6.04 Å². The number of thiol groups is 1. The number of nitrogens with zero attached hydrogens (tertiary/aromatic N) is 1. The van der Waals surface area contributed by atoms with E-state index in [9.17, 15) is 0 Å². The van der Waals surface area contributed by atoms with E-state index in [4.69, 9.17) is 0 Å². The van der Waals surface area contributed by atoms with Crippen molar-refractivity contribution in [3.8, 4) is 0 Å². The van der Waals surface area contributed by atoms with Crippen LogP contribution in [-0.2, 0) is 0 Å². The van der Waals surface area contributed by atoms with Crippen molar-refractivity contribution in [2.45, 2.75) is 18.9 Å². The zero-order valence-electron chi connectivity index (χ0n) is 8.08. The molecule has 0 aromatic rings. The molecule has 1 unspecified atom stereocenters. The summed E-state index contributed by atoms with van der Waals surface area (Å²) in [6.45, 7) is 2.49. The molecule has 72 valence electrons. The Hall–Kier alpha value is 0.270. The van der Waals surface area contributed by atoms with Crippen LogP contribution in [0.4, 0.5) is 0 Å². The number of likely N-dealkylation sites (tertiary alicyclic amines) is 1. The summed E-state index contributed by atoms with van der Waals surface area (Å²) < 4.78 is 0. The summed E-state index contributed by atoms with van der Waals surface area (Å²) >= 11 is 4.35. The lowest BCUT2D eigenvalue weighted by Gasteiger charge is -2.33. The molecule has 1 fully saturated rings. The first kappa shape index (κ1) is 10.4. The molecular formula is C9H20N2S. The Morgan fingerprint density at radius 2 is 2.08 bits per heavy atom. The zero-order chi connectivity index (χ0) is 8.97. The van der Waals surface area contributed by atoms with Gasteiger partial charge in [0, 0.05) is 11.8 Å². The maximum atomic E-state index is 4.35. The summed E-state index contributed by atoms with van der Waals surface area (Å²) in [4.78, 5) is 2.40. The Bertz CT molecular complexity index is 118. The van der Waals surface area contributed by atoms with Crippen LogP contribution >= 0.6 is 12.6 Å². The van der Waals surface area contributed by atoms with Crippen LogP contribution in [0.3, 0.4) is 0 Å². The molecule has 0 aromatic carbocycles. The lowest BCUT2D eigenvalue weighted by atomic mass is 9.90. The standard InChI is InChI=1S/C9H20N2S/c1-10-9(7-12)8-3-5-11(2)6-4-8/h8-10,12H,3-7H2,1-2H3. The van der Waals surface area contributed by atoms with Crippen LogP contribution in [0.2, 0.25) is 0 Å². The van der Waals surface area contributed by atoms with Crippen LogP contribution in [0.1, 0.15) is 12.8 Å². The number of nitrogens with one attached hydrogen (secondary N) is 1. The molecule has 1 heterocycles. The van der Waals surface area contributed by atoms with Crippen molar-refractivity contribution in [2.75, 3.05) is 32.9 Å². The highest BCUT2D eigenvalue weighted by Gasteiger charge is 2.22. The summed E-state index contributed by atoms with van der Waals surface area (Å²) in [5, 5.41) is 3.34. The minimum Gasteiger partial charge on any atom is -0.316 e. The normalized spacial score (nSPS) is 24.2.